The highest BCUT2D eigenvalue weighted by atomic mass is 79.9. The Bertz CT molecular complexity index is 773. The van der Waals surface area contributed by atoms with Gasteiger partial charge in [0.25, 0.3) is 0 Å². The van der Waals surface area contributed by atoms with Crippen LogP contribution < -0.4 is 14.8 Å². The van der Waals surface area contributed by atoms with Crippen molar-refractivity contribution in [2.24, 2.45) is 5.92 Å². The van der Waals surface area contributed by atoms with Crippen LogP contribution in [0, 0.1) is 19.8 Å². The van der Waals surface area contributed by atoms with Crippen molar-refractivity contribution < 1.29 is 14.3 Å². The quantitative estimate of drug-likeness (QED) is 0.847. The van der Waals surface area contributed by atoms with Gasteiger partial charge in [-0.3, -0.25) is 9.48 Å². The van der Waals surface area contributed by atoms with Gasteiger partial charge in [-0.05, 0) is 47.5 Å². The Morgan fingerprint density at radius 2 is 2.12 bits per heavy atom. The fourth-order valence-electron chi connectivity index (χ4n) is 2.61. The first-order valence-corrected chi connectivity index (χ1v) is 8.60. The van der Waals surface area contributed by atoms with Crippen LogP contribution in [-0.4, -0.2) is 22.5 Å². The van der Waals surface area contributed by atoms with E-state index in [1.165, 1.54) is 0 Å². The Balaban J connectivity index is 1.57. The summed E-state index contributed by atoms with van der Waals surface area (Å²) in [6.07, 6.45) is 0. The third-order valence-electron chi connectivity index (χ3n) is 4.09. The van der Waals surface area contributed by atoms with Gasteiger partial charge in [-0.1, -0.05) is 13.0 Å². The van der Waals surface area contributed by atoms with Gasteiger partial charge in [-0.15, -0.1) is 0 Å². The lowest BCUT2D eigenvalue weighted by Gasteiger charge is -2.13. The Hall–Kier alpha value is -2.02. The molecule has 0 spiro atoms. The van der Waals surface area contributed by atoms with Gasteiger partial charge in [-0.25, -0.2) is 0 Å². The molecule has 0 radical (unpaired) electrons. The van der Waals surface area contributed by atoms with E-state index < -0.39 is 0 Å². The number of nitrogens with zero attached hydrogens (tertiary/aromatic N) is 2. The number of halogens is 1. The molecule has 2 aromatic rings. The Labute approximate surface area is 149 Å². The smallest absolute Gasteiger partial charge is 0.231 e. The van der Waals surface area contributed by atoms with Gasteiger partial charge < -0.3 is 14.8 Å². The Morgan fingerprint density at radius 1 is 1.38 bits per heavy atom. The van der Waals surface area contributed by atoms with Crippen molar-refractivity contribution in [3.63, 3.8) is 0 Å². The average Bonchev–Trinajstić information content (AvgIpc) is 3.13. The van der Waals surface area contributed by atoms with Crippen LogP contribution in [0.1, 0.15) is 23.9 Å². The largest absolute Gasteiger partial charge is 0.454 e. The van der Waals surface area contributed by atoms with Gasteiger partial charge in [0.15, 0.2) is 11.5 Å². The first-order valence-electron chi connectivity index (χ1n) is 7.81. The van der Waals surface area contributed by atoms with E-state index in [9.17, 15) is 4.79 Å². The summed E-state index contributed by atoms with van der Waals surface area (Å²) in [5.74, 6) is 1.29. The molecule has 0 fully saturated rings. The van der Waals surface area contributed by atoms with Crippen molar-refractivity contribution in [1.29, 1.82) is 0 Å². The molecule has 3 rings (SSSR count). The van der Waals surface area contributed by atoms with Crippen LogP contribution in [0.5, 0.6) is 11.5 Å². The SMILES string of the molecule is Cc1nn(C[C@@H](C)C(=O)NCc2ccc3c(c2)OCO3)c(C)c1Br. The van der Waals surface area contributed by atoms with E-state index in [0.717, 1.165) is 32.9 Å². The molecule has 1 N–H and O–H groups in total. The van der Waals surface area contributed by atoms with Crippen molar-refractivity contribution in [1.82, 2.24) is 15.1 Å². The van der Waals surface area contributed by atoms with Crippen molar-refractivity contribution in [3.8, 4) is 11.5 Å². The lowest BCUT2D eigenvalue weighted by molar-refractivity contribution is -0.125. The van der Waals surface area contributed by atoms with Gasteiger partial charge in [0.05, 0.1) is 22.6 Å². The van der Waals surface area contributed by atoms with E-state index in [1.807, 2.05) is 43.7 Å². The highest BCUT2D eigenvalue weighted by Gasteiger charge is 2.18. The van der Waals surface area contributed by atoms with E-state index in [4.69, 9.17) is 9.47 Å². The minimum atomic E-state index is -0.177. The van der Waals surface area contributed by atoms with E-state index in [-0.39, 0.29) is 18.6 Å². The van der Waals surface area contributed by atoms with Crippen molar-refractivity contribution in [2.45, 2.75) is 33.9 Å². The number of ether oxygens (including phenoxy) is 2. The molecule has 1 atom stereocenters. The number of hydrogen-bond acceptors (Lipinski definition) is 4. The maximum atomic E-state index is 12.3. The fraction of sp³-hybridized carbons (Fsp3) is 0.412. The summed E-state index contributed by atoms with van der Waals surface area (Å²) >= 11 is 3.51. The van der Waals surface area contributed by atoms with E-state index >= 15 is 0 Å². The maximum absolute atomic E-state index is 12.3. The van der Waals surface area contributed by atoms with E-state index in [0.29, 0.717) is 13.1 Å². The molecule has 0 bridgehead atoms. The third kappa shape index (κ3) is 3.40. The van der Waals surface area contributed by atoms with Crippen LogP contribution in [0.3, 0.4) is 0 Å². The first-order chi connectivity index (χ1) is 11.5. The van der Waals surface area contributed by atoms with Crippen LogP contribution in [-0.2, 0) is 17.9 Å². The van der Waals surface area contributed by atoms with Gasteiger partial charge in [0.1, 0.15) is 0 Å². The number of carbonyl (C=O) groups is 1. The monoisotopic (exact) mass is 393 g/mol. The van der Waals surface area contributed by atoms with Crippen LogP contribution in [0.2, 0.25) is 0 Å². The van der Waals surface area contributed by atoms with Crippen molar-refractivity contribution in [2.75, 3.05) is 6.79 Å². The maximum Gasteiger partial charge on any atom is 0.231 e. The molecule has 7 heteroatoms. The average molecular weight is 394 g/mol. The molecular formula is C17H20BrN3O3. The van der Waals surface area contributed by atoms with Crippen LogP contribution in [0.25, 0.3) is 0 Å². The Morgan fingerprint density at radius 3 is 2.83 bits per heavy atom. The summed E-state index contributed by atoms with van der Waals surface area (Å²) in [6.45, 7) is 7.09. The number of hydrogen-bond donors (Lipinski definition) is 1. The summed E-state index contributed by atoms with van der Waals surface area (Å²) in [6, 6.07) is 5.68. The van der Waals surface area contributed by atoms with E-state index in [1.54, 1.807) is 0 Å². The highest BCUT2D eigenvalue weighted by Crippen LogP contribution is 2.32. The number of nitrogens with one attached hydrogen (secondary N) is 1. The molecule has 1 aliphatic heterocycles. The molecule has 1 amide bonds. The summed E-state index contributed by atoms with van der Waals surface area (Å²) < 4.78 is 13.5. The number of rotatable bonds is 5. The zero-order valence-corrected chi connectivity index (χ0v) is 15.5. The number of benzene rings is 1. The third-order valence-corrected chi connectivity index (χ3v) is 5.24. The highest BCUT2D eigenvalue weighted by molar-refractivity contribution is 9.10. The number of aryl methyl sites for hydroxylation is 1. The van der Waals surface area contributed by atoms with Crippen molar-refractivity contribution >= 4 is 21.8 Å². The predicted molar refractivity (Wildman–Crippen MR) is 93.0 cm³/mol. The molecule has 1 aliphatic rings. The molecule has 128 valence electrons. The minimum Gasteiger partial charge on any atom is -0.454 e. The number of aromatic nitrogens is 2. The van der Waals surface area contributed by atoms with Gasteiger partial charge in [0, 0.05) is 12.2 Å². The summed E-state index contributed by atoms with van der Waals surface area (Å²) in [5.41, 5.74) is 2.94. The normalized spacial score (nSPS) is 13.8. The topological polar surface area (TPSA) is 65.4 Å². The molecule has 0 aliphatic carbocycles. The second-order valence-electron chi connectivity index (χ2n) is 5.97. The molecule has 24 heavy (non-hydrogen) atoms. The number of carbonyl (C=O) groups excluding carboxylic acids is 1. The molecule has 1 aromatic carbocycles. The molecule has 0 unspecified atom stereocenters. The summed E-state index contributed by atoms with van der Waals surface area (Å²) in [4.78, 5) is 12.3. The molecule has 1 aromatic heterocycles. The second kappa shape index (κ2) is 6.84. The lowest BCUT2D eigenvalue weighted by Crippen LogP contribution is -2.31. The molecule has 2 heterocycles. The van der Waals surface area contributed by atoms with Crippen LogP contribution >= 0.6 is 15.9 Å². The Kier molecular flexibility index (Phi) is 4.80. The molecular weight excluding hydrogens is 374 g/mol. The fourth-order valence-corrected chi connectivity index (χ4v) is 2.89. The van der Waals surface area contributed by atoms with Crippen LogP contribution in [0.4, 0.5) is 0 Å². The zero-order chi connectivity index (χ0) is 17.3. The molecule has 0 saturated heterocycles. The standard InChI is InChI=1S/C17H20BrN3O3/c1-10(8-21-12(3)16(18)11(2)20-21)17(22)19-7-13-4-5-14-15(6-13)24-9-23-14/h4-6,10H,7-9H2,1-3H3,(H,19,22)/t10-/m1/s1. The summed E-state index contributed by atoms with van der Waals surface area (Å²) in [5, 5.41) is 7.41. The number of amides is 1. The van der Waals surface area contributed by atoms with Gasteiger partial charge in [-0.2, -0.15) is 5.10 Å². The van der Waals surface area contributed by atoms with E-state index in [2.05, 4.69) is 26.3 Å². The second-order valence-corrected chi connectivity index (χ2v) is 6.77. The molecule has 6 nitrogen and oxygen atoms in total. The first kappa shape index (κ1) is 16.8. The van der Waals surface area contributed by atoms with Crippen LogP contribution in [0.15, 0.2) is 22.7 Å². The predicted octanol–water partition coefficient (Wildman–Crippen LogP) is 2.94. The zero-order valence-electron chi connectivity index (χ0n) is 13.9. The van der Waals surface area contributed by atoms with Gasteiger partial charge in [0.2, 0.25) is 12.7 Å². The summed E-state index contributed by atoms with van der Waals surface area (Å²) in [7, 11) is 0. The molecule has 0 saturated carbocycles. The minimum absolute atomic E-state index is 0.00339. The van der Waals surface area contributed by atoms with Crippen molar-refractivity contribution in [3.05, 3.63) is 39.6 Å². The lowest BCUT2D eigenvalue weighted by atomic mass is 10.1. The number of fused-ring (bicyclic) bond motifs is 1. The van der Waals surface area contributed by atoms with Gasteiger partial charge >= 0.3 is 0 Å².